The summed E-state index contributed by atoms with van der Waals surface area (Å²) in [5, 5.41) is 9.57. The first kappa shape index (κ1) is 14.3. The summed E-state index contributed by atoms with van der Waals surface area (Å²) >= 11 is 0. The lowest BCUT2D eigenvalue weighted by molar-refractivity contribution is 0.0624. The molecule has 5 nitrogen and oxygen atoms in total. The van der Waals surface area contributed by atoms with Gasteiger partial charge in [-0.2, -0.15) is 0 Å². The van der Waals surface area contributed by atoms with Crippen LogP contribution in [-0.2, 0) is 17.6 Å². The van der Waals surface area contributed by atoms with Crippen LogP contribution in [0.15, 0.2) is 6.07 Å². The van der Waals surface area contributed by atoms with Crippen LogP contribution in [0.1, 0.15) is 48.3 Å². The third-order valence-corrected chi connectivity index (χ3v) is 4.41. The predicted octanol–water partition coefficient (Wildman–Crippen LogP) is 2.27. The molecule has 0 bridgehead atoms. The molecule has 21 heavy (non-hydrogen) atoms. The molecule has 1 aromatic heterocycles. The molecule has 0 spiro atoms. The van der Waals surface area contributed by atoms with Crippen molar-refractivity contribution in [3.8, 4) is 0 Å². The number of carboxylic acid groups (broad SMARTS) is 1. The fourth-order valence-electron chi connectivity index (χ4n) is 3.24. The average Bonchev–Trinajstić information content (AvgIpc) is 2.45. The Labute approximate surface area is 124 Å². The highest BCUT2D eigenvalue weighted by molar-refractivity contribution is 5.94. The second-order valence-corrected chi connectivity index (χ2v) is 6.49. The number of nitrogens with zero attached hydrogens (tertiary/aromatic N) is 2. The molecule has 0 amide bonds. The van der Waals surface area contributed by atoms with Crippen LogP contribution in [0, 0.1) is 0 Å². The zero-order chi connectivity index (χ0) is 15.0. The molecule has 1 aromatic rings. The molecular formula is C16H22N2O3. The third-order valence-electron chi connectivity index (χ3n) is 4.41. The van der Waals surface area contributed by atoms with E-state index >= 15 is 0 Å². The summed E-state index contributed by atoms with van der Waals surface area (Å²) in [7, 11) is 0. The molecule has 1 N–H and O–H groups in total. The number of aromatic carboxylic acids is 1. The average molecular weight is 290 g/mol. The van der Waals surface area contributed by atoms with E-state index in [1.807, 2.05) is 6.07 Å². The van der Waals surface area contributed by atoms with Gasteiger partial charge >= 0.3 is 5.97 Å². The molecule has 3 rings (SSSR count). The molecule has 1 saturated heterocycles. The Morgan fingerprint density at radius 1 is 1.38 bits per heavy atom. The van der Waals surface area contributed by atoms with Crippen molar-refractivity contribution in [3.05, 3.63) is 22.9 Å². The van der Waals surface area contributed by atoms with Crippen LogP contribution < -0.4 is 4.90 Å². The third kappa shape index (κ3) is 2.62. The summed E-state index contributed by atoms with van der Waals surface area (Å²) < 4.78 is 5.53. The second-order valence-electron chi connectivity index (χ2n) is 6.49. The molecular weight excluding hydrogens is 268 g/mol. The van der Waals surface area contributed by atoms with Crippen molar-refractivity contribution in [1.29, 1.82) is 0 Å². The molecule has 0 unspecified atom stereocenters. The summed E-state index contributed by atoms with van der Waals surface area (Å²) in [6.07, 6.45) is 4.15. The van der Waals surface area contributed by atoms with Gasteiger partial charge < -0.3 is 14.7 Å². The zero-order valence-electron chi connectivity index (χ0n) is 12.7. The number of anilines is 1. The van der Waals surface area contributed by atoms with Crippen LogP contribution >= 0.6 is 0 Å². The van der Waals surface area contributed by atoms with Gasteiger partial charge in [-0.1, -0.05) is 0 Å². The summed E-state index contributed by atoms with van der Waals surface area (Å²) in [4.78, 5) is 18.5. The minimum Gasteiger partial charge on any atom is -0.478 e. The van der Waals surface area contributed by atoms with E-state index in [0.29, 0.717) is 31.1 Å². The number of ether oxygens (including phenoxy) is 1. The fourth-order valence-corrected chi connectivity index (χ4v) is 3.24. The van der Waals surface area contributed by atoms with Crippen molar-refractivity contribution in [2.24, 2.45) is 0 Å². The molecule has 2 aliphatic rings. The summed E-state index contributed by atoms with van der Waals surface area (Å²) in [5.74, 6) is -0.287. The second kappa shape index (κ2) is 5.30. The maximum absolute atomic E-state index is 11.7. The lowest BCUT2D eigenvalue weighted by atomic mass is 9.93. The summed E-state index contributed by atoms with van der Waals surface area (Å²) in [5.41, 5.74) is 2.26. The minimum absolute atomic E-state index is 0.238. The summed E-state index contributed by atoms with van der Waals surface area (Å²) in [6.45, 7) is 6.02. The molecule has 5 heteroatoms. The van der Waals surface area contributed by atoms with Crippen LogP contribution in [0.3, 0.4) is 0 Å². The number of hydrogen-bond acceptors (Lipinski definition) is 4. The van der Waals surface area contributed by atoms with Gasteiger partial charge in [-0.3, -0.25) is 0 Å². The van der Waals surface area contributed by atoms with Crippen LogP contribution in [0.5, 0.6) is 0 Å². The van der Waals surface area contributed by atoms with Crippen LogP contribution in [0.25, 0.3) is 0 Å². The first-order chi connectivity index (χ1) is 9.99. The van der Waals surface area contributed by atoms with E-state index in [9.17, 15) is 9.90 Å². The van der Waals surface area contributed by atoms with E-state index in [4.69, 9.17) is 9.72 Å². The fraction of sp³-hybridized carbons (Fsp3) is 0.625. The van der Waals surface area contributed by atoms with Crippen molar-refractivity contribution >= 4 is 11.8 Å². The van der Waals surface area contributed by atoms with Gasteiger partial charge in [-0.05, 0) is 51.2 Å². The van der Waals surface area contributed by atoms with Gasteiger partial charge in [-0.25, -0.2) is 9.78 Å². The minimum atomic E-state index is -0.895. The van der Waals surface area contributed by atoms with Gasteiger partial charge in [0, 0.05) is 12.2 Å². The molecule has 1 aliphatic carbocycles. The lowest BCUT2D eigenvalue weighted by Crippen LogP contribution is -2.54. The Hall–Kier alpha value is -1.62. The van der Waals surface area contributed by atoms with Gasteiger partial charge in [0.05, 0.1) is 18.8 Å². The molecule has 1 aliphatic heterocycles. The number of pyridine rings is 1. The number of carbonyl (C=O) groups is 1. The topological polar surface area (TPSA) is 62.7 Å². The van der Waals surface area contributed by atoms with Crippen molar-refractivity contribution in [3.63, 3.8) is 0 Å². The molecule has 0 radical (unpaired) electrons. The Morgan fingerprint density at radius 3 is 2.86 bits per heavy atom. The Kier molecular flexibility index (Phi) is 3.61. The van der Waals surface area contributed by atoms with Gasteiger partial charge in [-0.15, -0.1) is 0 Å². The predicted molar refractivity (Wildman–Crippen MR) is 80.1 cm³/mol. The van der Waals surface area contributed by atoms with Crippen molar-refractivity contribution in [2.45, 2.75) is 45.1 Å². The molecule has 1 fully saturated rings. The number of hydrogen-bond donors (Lipinski definition) is 1. The number of carboxylic acids is 1. The normalized spacial score (nSPS) is 21.0. The van der Waals surface area contributed by atoms with E-state index in [1.54, 1.807) is 0 Å². The van der Waals surface area contributed by atoms with Crippen LogP contribution in [0.4, 0.5) is 5.82 Å². The van der Waals surface area contributed by atoms with Gasteiger partial charge in [0.15, 0.2) is 0 Å². The van der Waals surface area contributed by atoms with E-state index in [1.165, 1.54) is 0 Å². The molecule has 0 saturated carbocycles. The Bertz CT molecular complexity index is 569. The zero-order valence-corrected chi connectivity index (χ0v) is 12.7. The van der Waals surface area contributed by atoms with E-state index in [-0.39, 0.29) is 5.54 Å². The van der Waals surface area contributed by atoms with Crippen molar-refractivity contribution in [2.75, 3.05) is 24.7 Å². The quantitative estimate of drug-likeness (QED) is 0.905. The number of aromatic nitrogens is 1. The van der Waals surface area contributed by atoms with Crippen molar-refractivity contribution in [1.82, 2.24) is 4.98 Å². The van der Waals surface area contributed by atoms with Gasteiger partial charge in [0.1, 0.15) is 11.4 Å². The highest BCUT2D eigenvalue weighted by Crippen LogP contribution is 2.32. The highest BCUT2D eigenvalue weighted by atomic mass is 16.5. The Morgan fingerprint density at radius 2 is 2.14 bits per heavy atom. The standard InChI is InChI=1S/C16H22N2O3/c1-16(2)10-21-8-7-18(16)14-12(15(19)20)9-11-5-3-4-6-13(11)17-14/h9H,3-8,10H2,1-2H3,(H,19,20). The number of fused-ring (bicyclic) bond motifs is 1. The maximum Gasteiger partial charge on any atom is 0.339 e. The maximum atomic E-state index is 11.7. The number of rotatable bonds is 2. The molecule has 0 aromatic carbocycles. The van der Waals surface area contributed by atoms with Crippen molar-refractivity contribution < 1.29 is 14.6 Å². The Balaban J connectivity index is 2.09. The number of morpholine rings is 1. The van der Waals surface area contributed by atoms with Crippen LogP contribution in [0.2, 0.25) is 0 Å². The van der Waals surface area contributed by atoms with Gasteiger partial charge in [0.2, 0.25) is 0 Å². The molecule has 114 valence electrons. The first-order valence-corrected chi connectivity index (χ1v) is 7.60. The molecule has 2 heterocycles. The van der Waals surface area contributed by atoms with Gasteiger partial charge in [0.25, 0.3) is 0 Å². The van der Waals surface area contributed by atoms with E-state index in [2.05, 4.69) is 18.7 Å². The monoisotopic (exact) mass is 290 g/mol. The van der Waals surface area contributed by atoms with E-state index < -0.39 is 5.97 Å². The largest absolute Gasteiger partial charge is 0.478 e. The lowest BCUT2D eigenvalue weighted by Gasteiger charge is -2.43. The number of aryl methyl sites for hydroxylation is 2. The van der Waals surface area contributed by atoms with E-state index in [0.717, 1.165) is 36.9 Å². The smallest absolute Gasteiger partial charge is 0.339 e. The SMILES string of the molecule is CC1(C)COCCN1c1nc2c(cc1C(=O)O)CCCC2. The highest BCUT2D eigenvalue weighted by Gasteiger charge is 2.34. The molecule has 0 atom stereocenters. The summed E-state index contributed by atoms with van der Waals surface area (Å²) in [6, 6.07) is 1.84. The first-order valence-electron chi connectivity index (χ1n) is 7.60. The van der Waals surface area contributed by atoms with Crippen LogP contribution in [-0.4, -0.2) is 41.4 Å².